The van der Waals surface area contributed by atoms with Crippen molar-refractivity contribution in [1.29, 1.82) is 0 Å². The highest BCUT2D eigenvalue weighted by atomic mass is 16.7. The predicted octanol–water partition coefficient (Wildman–Crippen LogP) is 2.27. The summed E-state index contributed by atoms with van der Waals surface area (Å²) in [4.78, 5) is 20.3. The number of rotatable bonds is 3. The number of benzene rings is 1. The second kappa shape index (κ2) is 4.93. The van der Waals surface area contributed by atoms with E-state index in [1.807, 2.05) is 6.07 Å². The number of hydrogen-bond donors (Lipinski definition) is 1. The first-order valence-electron chi connectivity index (χ1n) is 4.78. The summed E-state index contributed by atoms with van der Waals surface area (Å²) >= 11 is 0. The van der Waals surface area contributed by atoms with E-state index in [-0.39, 0.29) is 0 Å². The lowest BCUT2D eigenvalue weighted by Gasteiger charge is -2.05. The molecule has 2 rings (SSSR count). The molecule has 1 N–H and O–H groups in total. The Bertz CT molecular complexity index is 457. The van der Waals surface area contributed by atoms with Crippen LogP contribution in [0.25, 0.3) is 0 Å². The first-order chi connectivity index (χ1) is 7.86. The molecule has 0 aliphatic carbocycles. The standard InChI is InChI=1S/C12H10N2O2/c15-12(10-5-2-1-3-6-10)16-14-11-7-4-8-13-9-11/h1-9,14H. The van der Waals surface area contributed by atoms with E-state index in [1.165, 1.54) is 0 Å². The first kappa shape index (κ1) is 10.2. The number of pyridine rings is 1. The van der Waals surface area contributed by atoms with E-state index in [1.54, 1.807) is 48.8 Å². The molecule has 0 bridgehead atoms. The number of hydrogen-bond acceptors (Lipinski definition) is 4. The quantitative estimate of drug-likeness (QED) is 0.796. The largest absolute Gasteiger partial charge is 0.362 e. The van der Waals surface area contributed by atoms with Gasteiger partial charge < -0.3 is 4.84 Å². The van der Waals surface area contributed by atoms with Crippen LogP contribution in [0.3, 0.4) is 0 Å². The van der Waals surface area contributed by atoms with Gasteiger partial charge in [-0.1, -0.05) is 18.2 Å². The molecule has 0 saturated carbocycles. The van der Waals surface area contributed by atoms with Crippen molar-refractivity contribution in [3.05, 3.63) is 60.4 Å². The Kier molecular flexibility index (Phi) is 3.13. The lowest BCUT2D eigenvalue weighted by molar-refractivity contribution is 0.0596. The summed E-state index contributed by atoms with van der Waals surface area (Å²) in [5, 5.41) is 0. The zero-order chi connectivity index (χ0) is 11.2. The van der Waals surface area contributed by atoms with E-state index in [0.717, 1.165) is 0 Å². The Labute approximate surface area is 92.9 Å². The molecule has 0 radical (unpaired) electrons. The molecule has 0 unspecified atom stereocenters. The third-order valence-corrected chi connectivity index (χ3v) is 1.93. The van der Waals surface area contributed by atoms with E-state index in [0.29, 0.717) is 11.3 Å². The van der Waals surface area contributed by atoms with E-state index in [4.69, 9.17) is 4.84 Å². The molecule has 0 aliphatic heterocycles. The van der Waals surface area contributed by atoms with Crippen molar-refractivity contribution in [3.8, 4) is 0 Å². The monoisotopic (exact) mass is 214 g/mol. The van der Waals surface area contributed by atoms with Crippen LogP contribution in [0.2, 0.25) is 0 Å². The van der Waals surface area contributed by atoms with Crippen LogP contribution in [0.4, 0.5) is 5.69 Å². The second-order valence-electron chi connectivity index (χ2n) is 3.10. The summed E-state index contributed by atoms with van der Waals surface area (Å²) in [5.74, 6) is -0.426. The third kappa shape index (κ3) is 2.57. The van der Waals surface area contributed by atoms with Gasteiger partial charge in [-0.25, -0.2) is 10.3 Å². The first-order valence-corrected chi connectivity index (χ1v) is 4.78. The maximum atomic E-state index is 11.5. The fourth-order valence-electron chi connectivity index (χ4n) is 1.16. The molecule has 16 heavy (non-hydrogen) atoms. The zero-order valence-electron chi connectivity index (χ0n) is 8.46. The molecule has 2 aromatic rings. The van der Waals surface area contributed by atoms with Gasteiger partial charge in [0.05, 0.1) is 17.4 Å². The van der Waals surface area contributed by atoms with Crippen LogP contribution in [0.5, 0.6) is 0 Å². The summed E-state index contributed by atoms with van der Waals surface area (Å²) in [5.41, 5.74) is 3.66. The smallest absolute Gasteiger partial charge is 0.338 e. The average molecular weight is 214 g/mol. The number of carbonyl (C=O) groups is 1. The van der Waals surface area contributed by atoms with Crippen molar-refractivity contribution in [3.63, 3.8) is 0 Å². The molecular formula is C12H10N2O2. The molecule has 0 fully saturated rings. The van der Waals surface area contributed by atoms with Gasteiger partial charge in [0, 0.05) is 6.20 Å². The van der Waals surface area contributed by atoms with Crippen molar-refractivity contribution < 1.29 is 9.63 Å². The van der Waals surface area contributed by atoms with Gasteiger partial charge in [0.1, 0.15) is 0 Å². The van der Waals surface area contributed by atoms with Crippen LogP contribution >= 0.6 is 0 Å². The number of aromatic nitrogens is 1. The van der Waals surface area contributed by atoms with Crippen LogP contribution in [0, 0.1) is 0 Å². The van der Waals surface area contributed by atoms with Crippen molar-refractivity contribution >= 4 is 11.7 Å². The summed E-state index contributed by atoms with van der Waals surface area (Å²) in [7, 11) is 0. The highest BCUT2D eigenvalue weighted by Crippen LogP contribution is 2.05. The summed E-state index contributed by atoms with van der Waals surface area (Å²) < 4.78 is 0. The minimum Gasteiger partial charge on any atom is -0.338 e. The number of nitrogens with one attached hydrogen (secondary N) is 1. The molecule has 0 saturated heterocycles. The van der Waals surface area contributed by atoms with E-state index in [9.17, 15) is 4.79 Å². The topological polar surface area (TPSA) is 51.2 Å². The molecular weight excluding hydrogens is 204 g/mol. The minimum atomic E-state index is -0.426. The Morgan fingerprint density at radius 3 is 2.62 bits per heavy atom. The fourth-order valence-corrected chi connectivity index (χ4v) is 1.16. The highest BCUT2D eigenvalue weighted by Gasteiger charge is 2.05. The Hall–Kier alpha value is -2.36. The Morgan fingerprint density at radius 1 is 1.12 bits per heavy atom. The van der Waals surface area contributed by atoms with E-state index < -0.39 is 5.97 Å². The van der Waals surface area contributed by atoms with Crippen LogP contribution < -0.4 is 5.48 Å². The molecule has 4 nitrogen and oxygen atoms in total. The molecule has 0 spiro atoms. The summed E-state index contributed by atoms with van der Waals surface area (Å²) in [6.07, 6.45) is 3.21. The summed E-state index contributed by atoms with van der Waals surface area (Å²) in [6.45, 7) is 0. The lowest BCUT2D eigenvalue weighted by Crippen LogP contribution is -2.10. The predicted molar refractivity (Wildman–Crippen MR) is 59.7 cm³/mol. The van der Waals surface area contributed by atoms with Crippen LogP contribution in [-0.2, 0) is 4.84 Å². The van der Waals surface area contributed by atoms with Crippen molar-refractivity contribution in [2.24, 2.45) is 0 Å². The van der Waals surface area contributed by atoms with Crippen LogP contribution in [0.1, 0.15) is 10.4 Å². The van der Waals surface area contributed by atoms with Gasteiger partial charge in [-0.15, -0.1) is 0 Å². The highest BCUT2D eigenvalue weighted by molar-refractivity contribution is 5.89. The minimum absolute atomic E-state index is 0.426. The molecule has 1 heterocycles. The second-order valence-corrected chi connectivity index (χ2v) is 3.10. The van der Waals surface area contributed by atoms with Crippen molar-refractivity contribution in [1.82, 2.24) is 4.98 Å². The van der Waals surface area contributed by atoms with Gasteiger partial charge in [0.25, 0.3) is 0 Å². The van der Waals surface area contributed by atoms with Crippen molar-refractivity contribution in [2.75, 3.05) is 5.48 Å². The fraction of sp³-hybridized carbons (Fsp3) is 0. The molecule has 0 aliphatic rings. The van der Waals surface area contributed by atoms with Gasteiger partial charge in [-0.2, -0.15) is 0 Å². The van der Waals surface area contributed by atoms with E-state index in [2.05, 4.69) is 10.5 Å². The maximum absolute atomic E-state index is 11.5. The third-order valence-electron chi connectivity index (χ3n) is 1.93. The SMILES string of the molecule is O=C(ONc1cccnc1)c1ccccc1. The Morgan fingerprint density at radius 2 is 1.94 bits per heavy atom. The van der Waals surface area contributed by atoms with Gasteiger partial charge in [-0.3, -0.25) is 4.98 Å². The Balaban J connectivity index is 1.95. The van der Waals surface area contributed by atoms with Gasteiger partial charge in [0.15, 0.2) is 0 Å². The number of nitrogens with zero attached hydrogens (tertiary/aromatic N) is 1. The van der Waals surface area contributed by atoms with Crippen molar-refractivity contribution in [2.45, 2.75) is 0 Å². The lowest BCUT2D eigenvalue weighted by atomic mass is 10.2. The maximum Gasteiger partial charge on any atom is 0.362 e. The van der Waals surface area contributed by atoms with Gasteiger partial charge >= 0.3 is 5.97 Å². The number of anilines is 1. The van der Waals surface area contributed by atoms with Gasteiger partial charge in [0.2, 0.25) is 0 Å². The van der Waals surface area contributed by atoms with Crippen LogP contribution in [-0.4, -0.2) is 11.0 Å². The molecule has 0 amide bonds. The summed E-state index contributed by atoms with van der Waals surface area (Å²) in [6, 6.07) is 12.3. The normalized spacial score (nSPS) is 9.50. The molecule has 4 heteroatoms. The molecule has 1 aromatic heterocycles. The molecule has 80 valence electrons. The number of carbonyl (C=O) groups excluding carboxylic acids is 1. The average Bonchev–Trinajstić information content (AvgIpc) is 2.38. The zero-order valence-corrected chi connectivity index (χ0v) is 8.46. The van der Waals surface area contributed by atoms with Gasteiger partial charge in [-0.05, 0) is 24.3 Å². The van der Waals surface area contributed by atoms with Crippen LogP contribution in [0.15, 0.2) is 54.9 Å². The molecule has 0 atom stereocenters. The molecule has 1 aromatic carbocycles. The van der Waals surface area contributed by atoms with E-state index >= 15 is 0 Å².